The van der Waals surface area contributed by atoms with Crippen LogP contribution < -0.4 is 0 Å². The molecule has 98 valence electrons. The Morgan fingerprint density at radius 2 is 1.94 bits per heavy atom. The minimum Gasteiger partial charge on any atom is -0.328 e. The summed E-state index contributed by atoms with van der Waals surface area (Å²) < 4.78 is 24.7. The van der Waals surface area contributed by atoms with Crippen LogP contribution in [0, 0.1) is 0 Å². The Morgan fingerprint density at radius 3 is 2.56 bits per heavy atom. The molecular formula is C12H14ClNO3S. The SMILES string of the molecule is O=C(Cl)N1CCCC(S(=O)(=O)c2ccccc2)C1. The zero-order valence-electron chi connectivity index (χ0n) is 9.75. The van der Waals surface area contributed by atoms with Crippen molar-refractivity contribution in [2.45, 2.75) is 23.0 Å². The molecular weight excluding hydrogens is 274 g/mol. The summed E-state index contributed by atoms with van der Waals surface area (Å²) in [6.07, 6.45) is 1.23. The second-order valence-electron chi connectivity index (χ2n) is 4.32. The van der Waals surface area contributed by atoms with E-state index in [0.717, 1.165) is 0 Å². The largest absolute Gasteiger partial charge is 0.328 e. The van der Waals surface area contributed by atoms with E-state index in [9.17, 15) is 13.2 Å². The van der Waals surface area contributed by atoms with Crippen LogP contribution in [0.4, 0.5) is 4.79 Å². The summed E-state index contributed by atoms with van der Waals surface area (Å²) in [5.41, 5.74) is 0. The first kappa shape index (κ1) is 13.4. The average Bonchev–Trinajstić information content (AvgIpc) is 2.40. The molecule has 0 aliphatic carbocycles. The molecule has 1 aliphatic heterocycles. The van der Waals surface area contributed by atoms with Crippen LogP contribution in [0.15, 0.2) is 35.2 Å². The van der Waals surface area contributed by atoms with Crippen molar-refractivity contribution in [2.75, 3.05) is 13.1 Å². The molecule has 1 aromatic carbocycles. The van der Waals surface area contributed by atoms with Crippen molar-refractivity contribution in [3.05, 3.63) is 30.3 Å². The summed E-state index contributed by atoms with van der Waals surface area (Å²) in [5.74, 6) is 0. The van der Waals surface area contributed by atoms with E-state index in [4.69, 9.17) is 11.6 Å². The predicted octanol–water partition coefficient (Wildman–Crippen LogP) is 2.28. The number of halogens is 1. The summed E-state index contributed by atoms with van der Waals surface area (Å²) >= 11 is 5.41. The number of piperidine rings is 1. The minimum absolute atomic E-state index is 0.180. The second kappa shape index (κ2) is 5.28. The molecule has 0 bridgehead atoms. The van der Waals surface area contributed by atoms with E-state index in [1.54, 1.807) is 30.3 Å². The van der Waals surface area contributed by atoms with Gasteiger partial charge in [-0.25, -0.2) is 8.42 Å². The first-order valence-corrected chi connectivity index (χ1v) is 7.67. The van der Waals surface area contributed by atoms with Gasteiger partial charge in [-0.1, -0.05) is 18.2 Å². The Balaban J connectivity index is 2.23. The molecule has 4 nitrogen and oxygen atoms in total. The highest BCUT2D eigenvalue weighted by Gasteiger charge is 2.33. The van der Waals surface area contributed by atoms with E-state index in [1.807, 2.05) is 0 Å². The Morgan fingerprint density at radius 1 is 1.28 bits per heavy atom. The van der Waals surface area contributed by atoms with E-state index >= 15 is 0 Å². The van der Waals surface area contributed by atoms with E-state index in [1.165, 1.54) is 4.90 Å². The third-order valence-corrected chi connectivity index (χ3v) is 5.57. The van der Waals surface area contributed by atoms with Gasteiger partial charge < -0.3 is 4.90 Å². The van der Waals surface area contributed by atoms with Crippen LogP contribution >= 0.6 is 11.6 Å². The molecule has 1 unspecified atom stereocenters. The zero-order chi connectivity index (χ0) is 13.2. The number of rotatable bonds is 2. The number of carbonyl (C=O) groups excluding carboxylic acids is 1. The number of amides is 1. The fraction of sp³-hybridized carbons (Fsp3) is 0.417. The van der Waals surface area contributed by atoms with Gasteiger partial charge in [0.15, 0.2) is 9.84 Å². The van der Waals surface area contributed by atoms with E-state index in [0.29, 0.717) is 24.3 Å². The molecule has 18 heavy (non-hydrogen) atoms. The Bertz CT molecular complexity index is 530. The van der Waals surface area contributed by atoms with Crippen LogP contribution in [-0.4, -0.2) is 37.0 Å². The molecule has 1 atom stereocenters. The second-order valence-corrected chi connectivity index (χ2v) is 6.87. The highest BCUT2D eigenvalue weighted by Crippen LogP contribution is 2.24. The monoisotopic (exact) mass is 287 g/mol. The normalized spacial score (nSPS) is 20.7. The number of nitrogens with zero attached hydrogens (tertiary/aromatic N) is 1. The summed E-state index contributed by atoms with van der Waals surface area (Å²) in [6.45, 7) is 0.711. The lowest BCUT2D eigenvalue weighted by atomic mass is 10.1. The Labute approximate surface area is 111 Å². The molecule has 1 heterocycles. The molecule has 2 rings (SSSR count). The number of hydrogen-bond donors (Lipinski definition) is 0. The van der Waals surface area contributed by atoms with Gasteiger partial charge in [-0.2, -0.15) is 0 Å². The lowest BCUT2D eigenvalue weighted by Crippen LogP contribution is -2.43. The van der Waals surface area contributed by atoms with Crippen LogP contribution in [0.5, 0.6) is 0 Å². The van der Waals surface area contributed by atoms with Crippen LogP contribution in [0.25, 0.3) is 0 Å². The van der Waals surface area contributed by atoms with Crippen LogP contribution in [0.1, 0.15) is 12.8 Å². The van der Waals surface area contributed by atoms with Gasteiger partial charge in [0.1, 0.15) is 0 Å². The van der Waals surface area contributed by atoms with E-state index in [2.05, 4.69) is 0 Å². The molecule has 1 aliphatic rings. The van der Waals surface area contributed by atoms with E-state index < -0.39 is 20.5 Å². The maximum absolute atomic E-state index is 12.4. The van der Waals surface area contributed by atoms with Gasteiger partial charge in [-0.3, -0.25) is 4.79 Å². The van der Waals surface area contributed by atoms with Crippen LogP contribution in [0.2, 0.25) is 0 Å². The Hall–Kier alpha value is -1.07. The molecule has 0 radical (unpaired) electrons. The number of hydrogen-bond acceptors (Lipinski definition) is 3. The quantitative estimate of drug-likeness (QED) is 0.619. The Kier molecular flexibility index (Phi) is 3.92. The molecule has 0 spiro atoms. The first-order chi connectivity index (χ1) is 8.51. The molecule has 0 N–H and O–H groups in total. The maximum Gasteiger partial charge on any atom is 0.316 e. The lowest BCUT2D eigenvalue weighted by Gasteiger charge is -2.30. The van der Waals surface area contributed by atoms with Gasteiger partial charge in [0.2, 0.25) is 0 Å². The van der Waals surface area contributed by atoms with Crippen molar-refractivity contribution in [3.63, 3.8) is 0 Å². The third-order valence-electron chi connectivity index (χ3n) is 3.14. The summed E-state index contributed by atoms with van der Waals surface area (Å²) in [7, 11) is -3.38. The fourth-order valence-electron chi connectivity index (χ4n) is 2.15. The molecule has 0 aromatic heterocycles. The van der Waals surface area contributed by atoms with Gasteiger partial charge in [0.25, 0.3) is 0 Å². The van der Waals surface area contributed by atoms with E-state index in [-0.39, 0.29) is 6.54 Å². The average molecular weight is 288 g/mol. The standard InChI is InChI=1S/C12H14ClNO3S/c13-12(15)14-8-4-7-11(9-14)18(16,17)10-5-2-1-3-6-10/h1-3,5-6,11H,4,7-9H2. The van der Waals surface area contributed by atoms with Gasteiger partial charge in [-0.15, -0.1) is 0 Å². The highest BCUT2D eigenvalue weighted by molar-refractivity contribution is 7.92. The van der Waals surface area contributed by atoms with Crippen molar-refractivity contribution in [3.8, 4) is 0 Å². The number of likely N-dealkylation sites (tertiary alicyclic amines) is 1. The summed E-state index contributed by atoms with van der Waals surface area (Å²) in [4.78, 5) is 12.8. The smallest absolute Gasteiger partial charge is 0.316 e. The lowest BCUT2D eigenvalue weighted by molar-refractivity contribution is 0.210. The maximum atomic E-state index is 12.4. The van der Waals surface area contributed by atoms with Crippen LogP contribution in [-0.2, 0) is 9.84 Å². The van der Waals surface area contributed by atoms with Gasteiger partial charge in [0, 0.05) is 13.1 Å². The molecule has 0 saturated carbocycles. The van der Waals surface area contributed by atoms with Crippen molar-refractivity contribution >= 4 is 26.8 Å². The minimum atomic E-state index is -3.38. The molecule has 1 amide bonds. The van der Waals surface area contributed by atoms with Crippen LogP contribution in [0.3, 0.4) is 0 Å². The van der Waals surface area contributed by atoms with Crippen molar-refractivity contribution in [2.24, 2.45) is 0 Å². The summed E-state index contributed by atoms with van der Waals surface area (Å²) in [6, 6.07) is 8.32. The van der Waals surface area contributed by atoms with Crippen molar-refractivity contribution in [1.82, 2.24) is 4.90 Å². The highest BCUT2D eigenvalue weighted by atomic mass is 35.5. The molecule has 1 aromatic rings. The fourth-order valence-corrected chi connectivity index (χ4v) is 4.08. The zero-order valence-corrected chi connectivity index (χ0v) is 11.3. The molecule has 1 saturated heterocycles. The van der Waals surface area contributed by atoms with Crippen molar-refractivity contribution < 1.29 is 13.2 Å². The summed E-state index contributed by atoms with van der Waals surface area (Å²) in [5, 5.41) is -1.14. The van der Waals surface area contributed by atoms with Gasteiger partial charge in [0.05, 0.1) is 10.1 Å². The number of sulfone groups is 1. The number of benzene rings is 1. The third kappa shape index (κ3) is 2.67. The van der Waals surface area contributed by atoms with Crippen molar-refractivity contribution in [1.29, 1.82) is 0 Å². The predicted molar refractivity (Wildman–Crippen MR) is 69.5 cm³/mol. The van der Waals surface area contributed by atoms with Gasteiger partial charge >= 0.3 is 5.37 Å². The molecule has 6 heteroatoms. The number of carbonyl (C=O) groups is 1. The van der Waals surface area contributed by atoms with Gasteiger partial charge in [-0.05, 0) is 36.6 Å². The topological polar surface area (TPSA) is 54.5 Å². The molecule has 1 fully saturated rings. The first-order valence-electron chi connectivity index (χ1n) is 5.75.